The van der Waals surface area contributed by atoms with E-state index >= 15 is 0 Å². The van der Waals surface area contributed by atoms with Gasteiger partial charge < -0.3 is 14.5 Å². The molecule has 0 radical (unpaired) electrons. The summed E-state index contributed by atoms with van der Waals surface area (Å²) in [7, 11) is 0. The van der Waals surface area contributed by atoms with Crippen molar-refractivity contribution in [3.8, 4) is 5.75 Å². The van der Waals surface area contributed by atoms with E-state index in [1.807, 2.05) is 24.5 Å². The van der Waals surface area contributed by atoms with Crippen molar-refractivity contribution in [3.05, 3.63) is 75.5 Å². The lowest BCUT2D eigenvalue weighted by molar-refractivity contribution is -0.143. The van der Waals surface area contributed by atoms with Crippen molar-refractivity contribution >= 4 is 39.3 Å². The highest BCUT2D eigenvalue weighted by atomic mass is 79.9. The normalized spacial score (nSPS) is 14.9. The zero-order valence-corrected chi connectivity index (χ0v) is 27.8. The van der Waals surface area contributed by atoms with E-state index in [0.29, 0.717) is 18.3 Å². The Bertz CT molecular complexity index is 1370. The van der Waals surface area contributed by atoms with Crippen LogP contribution in [-0.2, 0) is 18.9 Å². The molecule has 5 nitrogen and oxygen atoms in total. The predicted octanol–water partition coefficient (Wildman–Crippen LogP) is 9.80. The van der Waals surface area contributed by atoms with Gasteiger partial charge in [-0.3, -0.25) is 0 Å². The highest BCUT2D eigenvalue weighted by Crippen LogP contribution is 2.40. The second-order valence-electron chi connectivity index (χ2n) is 11.2. The number of anilines is 2. The second kappa shape index (κ2) is 15.3. The molecule has 1 aliphatic rings. The standard InChI is InChI=1S/C32H37BrF6N4OS/c1-4-42(19-22-7-5-6-8-22)29-16-27(33)10-9-23(29)20-43(30-40-17-28(18-41-30)44-11-12-45-3)21(2)24-13-25(31(34,35)36)15-26(14-24)32(37,38)39/h9-10,13-18,21-22H,4-8,11-12,19-20H2,1-3H3. The van der Waals surface area contributed by atoms with Crippen molar-refractivity contribution in [1.29, 1.82) is 0 Å². The van der Waals surface area contributed by atoms with Crippen LogP contribution in [0.25, 0.3) is 0 Å². The van der Waals surface area contributed by atoms with Crippen LogP contribution in [-0.4, -0.2) is 41.7 Å². The molecule has 0 spiro atoms. The molecular formula is C32H37BrF6N4OS. The minimum absolute atomic E-state index is 0.134. The second-order valence-corrected chi connectivity index (χ2v) is 13.1. The summed E-state index contributed by atoms with van der Waals surface area (Å²) in [6, 6.07) is 6.53. The number of halogens is 7. The average Bonchev–Trinajstić information content (AvgIpc) is 3.52. The Kier molecular flexibility index (Phi) is 11.9. The van der Waals surface area contributed by atoms with Crippen LogP contribution in [0.2, 0.25) is 0 Å². The van der Waals surface area contributed by atoms with E-state index < -0.39 is 29.5 Å². The topological polar surface area (TPSA) is 41.5 Å². The number of nitrogens with zero attached hydrogens (tertiary/aromatic N) is 4. The zero-order valence-electron chi connectivity index (χ0n) is 25.4. The van der Waals surface area contributed by atoms with Crippen molar-refractivity contribution in [2.24, 2.45) is 5.92 Å². The van der Waals surface area contributed by atoms with Crippen LogP contribution in [0, 0.1) is 5.92 Å². The Hall–Kier alpha value is -2.67. The molecule has 3 aromatic rings. The lowest BCUT2D eigenvalue weighted by Gasteiger charge is -2.34. The van der Waals surface area contributed by atoms with Crippen LogP contribution in [0.5, 0.6) is 5.75 Å². The van der Waals surface area contributed by atoms with Gasteiger partial charge in [0.05, 0.1) is 36.2 Å². The molecule has 2 aromatic carbocycles. The van der Waals surface area contributed by atoms with E-state index in [0.717, 1.165) is 59.5 Å². The fourth-order valence-electron chi connectivity index (χ4n) is 5.61. The number of thioether (sulfide) groups is 1. The molecule has 0 bridgehead atoms. The number of ether oxygens (including phenoxy) is 1. The molecule has 45 heavy (non-hydrogen) atoms. The first-order valence-corrected chi connectivity index (χ1v) is 17.0. The Morgan fingerprint density at radius 1 is 0.978 bits per heavy atom. The molecule has 0 saturated heterocycles. The molecule has 0 aliphatic heterocycles. The highest BCUT2D eigenvalue weighted by molar-refractivity contribution is 9.10. The monoisotopic (exact) mass is 718 g/mol. The van der Waals surface area contributed by atoms with Gasteiger partial charge in [-0.25, -0.2) is 9.97 Å². The van der Waals surface area contributed by atoms with Gasteiger partial charge in [0.1, 0.15) is 0 Å². The van der Waals surface area contributed by atoms with Gasteiger partial charge in [0.2, 0.25) is 5.95 Å². The van der Waals surface area contributed by atoms with Crippen molar-refractivity contribution in [2.75, 3.05) is 41.5 Å². The van der Waals surface area contributed by atoms with Crippen molar-refractivity contribution in [2.45, 2.75) is 64.5 Å². The van der Waals surface area contributed by atoms with Crippen LogP contribution in [0.4, 0.5) is 38.0 Å². The molecule has 0 amide bonds. The van der Waals surface area contributed by atoms with E-state index in [4.69, 9.17) is 4.74 Å². The molecule has 1 aliphatic carbocycles. The Labute approximate surface area is 272 Å². The molecule has 1 heterocycles. The van der Waals surface area contributed by atoms with Crippen molar-refractivity contribution < 1.29 is 31.1 Å². The quantitative estimate of drug-likeness (QED) is 0.130. The lowest BCUT2D eigenvalue weighted by atomic mass is 9.98. The molecule has 1 atom stereocenters. The van der Waals surface area contributed by atoms with E-state index in [1.165, 1.54) is 25.2 Å². The summed E-state index contributed by atoms with van der Waals surface area (Å²) < 4.78 is 89.3. The summed E-state index contributed by atoms with van der Waals surface area (Å²) >= 11 is 5.19. The van der Waals surface area contributed by atoms with Gasteiger partial charge in [0, 0.05) is 35.5 Å². The summed E-state index contributed by atoms with van der Waals surface area (Å²) in [6.07, 6.45) is -0.342. The maximum Gasteiger partial charge on any atom is 0.416 e. The van der Waals surface area contributed by atoms with E-state index in [9.17, 15) is 26.3 Å². The fourth-order valence-corrected chi connectivity index (χ4v) is 6.21. The largest absolute Gasteiger partial charge is 0.489 e. The van der Waals surface area contributed by atoms with Gasteiger partial charge in [-0.1, -0.05) is 34.8 Å². The predicted molar refractivity (Wildman–Crippen MR) is 171 cm³/mol. The maximum atomic E-state index is 13.8. The third-order valence-corrected chi connectivity index (χ3v) is 9.12. The van der Waals surface area contributed by atoms with Gasteiger partial charge in [-0.15, -0.1) is 0 Å². The first-order chi connectivity index (χ1) is 21.3. The van der Waals surface area contributed by atoms with Crippen LogP contribution in [0.3, 0.4) is 0 Å². The number of hydrogen-bond donors (Lipinski definition) is 0. The lowest BCUT2D eigenvalue weighted by Crippen LogP contribution is -2.32. The Morgan fingerprint density at radius 3 is 2.16 bits per heavy atom. The van der Waals surface area contributed by atoms with E-state index in [2.05, 4.69) is 37.7 Å². The molecule has 0 N–H and O–H groups in total. The third kappa shape index (κ3) is 9.43. The van der Waals surface area contributed by atoms with Crippen molar-refractivity contribution in [1.82, 2.24) is 9.97 Å². The summed E-state index contributed by atoms with van der Waals surface area (Å²) in [4.78, 5) is 12.8. The van der Waals surface area contributed by atoms with Gasteiger partial charge in [0.25, 0.3) is 0 Å². The van der Waals surface area contributed by atoms with Gasteiger partial charge in [0.15, 0.2) is 5.75 Å². The summed E-state index contributed by atoms with van der Waals surface area (Å²) in [6.45, 7) is 5.80. The van der Waals surface area contributed by atoms with Crippen LogP contribution >= 0.6 is 27.7 Å². The van der Waals surface area contributed by atoms with Crippen LogP contribution in [0.1, 0.15) is 67.8 Å². The molecule has 1 aromatic heterocycles. The van der Waals surface area contributed by atoms with E-state index in [-0.39, 0.29) is 24.1 Å². The Morgan fingerprint density at radius 2 is 1.60 bits per heavy atom. The summed E-state index contributed by atoms with van der Waals surface area (Å²) in [5.74, 6) is 1.87. The molecule has 1 fully saturated rings. The van der Waals surface area contributed by atoms with Crippen molar-refractivity contribution in [3.63, 3.8) is 0 Å². The minimum atomic E-state index is -4.96. The average molecular weight is 720 g/mol. The molecule has 4 rings (SSSR count). The maximum absolute atomic E-state index is 13.8. The molecule has 246 valence electrons. The van der Waals surface area contributed by atoms with Gasteiger partial charge in [-0.2, -0.15) is 38.1 Å². The molecular weight excluding hydrogens is 682 g/mol. The smallest absolute Gasteiger partial charge is 0.416 e. The zero-order chi connectivity index (χ0) is 32.8. The van der Waals surface area contributed by atoms with Crippen LogP contribution in [0.15, 0.2) is 53.3 Å². The van der Waals surface area contributed by atoms with Crippen LogP contribution < -0.4 is 14.5 Å². The summed E-state index contributed by atoms with van der Waals surface area (Å²) in [5.41, 5.74) is -1.10. The number of aromatic nitrogens is 2. The first-order valence-electron chi connectivity index (χ1n) is 14.8. The van der Waals surface area contributed by atoms with Gasteiger partial charge >= 0.3 is 12.4 Å². The highest BCUT2D eigenvalue weighted by Gasteiger charge is 2.38. The fraction of sp³-hybridized carbons (Fsp3) is 0.500. The van der Waals surface area contributed by atoms with E-state index in [1.54, 1.807) is 23.6 Å². The SMILES string of the molecule is CCN(CC1CCCC1)c1cc(Br)ccc1CN(c1ncc(OCCSC)cn1)C(C)c1cc(C(F)(F)F)cc(C(F)(F)F)c1. The molecule has 1 unspecified atom stereocenters. The first kappa shape index (κ1) is 35.2. The number of rotatable bonds is 13. The number of benzene rings is 2. The third-order valence-electron chi connectivity index (χ3n) is 8.05. The number of alkyl halides is 6. The van der Waals surface area contributed by atoms with Gasteiger partial charge in [-0.05, 0) is 80.3 Å². The molecule has 13 heteroatoms. The number of hydrogen-bond acceptors (Lipinski definition) is 6. The summed E-state index contributed by atoms with van der Waals surface area (Å²) in [5, 5.41) is 0. The Balaban J connectivity index is 1.78. The minimum Gasteiger partial charge on any atom is -0.489 e. The molecule has 1 saturated carbocycles.